The molecule has 0 radical (unpaired) electrons. The average Bonchev–Trinajstić information content (AvgIpc) is 3.06. The van der Waals surface area contributed by atoms with E-state index in [4.69, 9.17) is 21.9 Å². The van der Waals surface area contributed by atoms with Crippen LogP contribution in [0, 0.1) is 6.92 Å². The summed E-state index contributed by atoms with van der Waals surface area (Å²) < 4.78 is 7.45. The van der Waals surface area contributed by atoms with Gasteiger partial charge in [0.15, 0.2) is 0 Å². The fourth-order valence-electron chi connectivity index (χ4n) is 3.98. The second-order valence-corrected chi connectivity index (χ2v) is 9.89. The van der Waals surface area contributed by atoms with Gasteiger partial charge in [-0.25, -0.2) is 4.98 Å². The van der Waals surface area contributed by atoms with Crippen molar-refractivity contribution < 1.29 is 9.53 Å². The van der Waals surface area contributed by atoms with Crippen molar-refractivity contribution in [1.29, 1.82) is 0 Å². The van der Waals surface area contributed by atoms with Gasteiger partial charge < -0.3 is 14.5 Å². The number of rotatable bonds is 7. The lowest BCUT2D eigenvalue weighted by molar-refractivity contribution is -0.122. The van der Waals surface area contributed by atoms with E-state index in [1.54, 1.807) is 21.6 Å². The van der Waals surface area contributed by atoms with Gasteiger partial charge >= 0.3 is 0 Å². The highest BCUT2D eigenvalue weighted by atomic mass is 32.2. The highest BCUT2D eigenvalue weighted by Crippen LogP contribution is 2.33. The number of hydrogen-bond acceptors (Lipinski definition) is 8. The van der Waals surface area contributed by atoms with Crippen LogP contribution in [0.4, 0.5) is 5.82 Å². The molecule has 0 N–H and O–H groups in total. The van der Waals surface area contributed by atoms with Crippen molar-refractivity contribution in [2.24, 2.45) is 0 Å². The monoisotopic (exact) mass is 487 g/mol. The molecule has 2 aromatic rings. The molecule has 0 aromatic carbocycles. The highest BCUT2D eigenvalue weighted by molar-refractivity contribution is 8.26. The average molecular weight is 488 g/mol. The summed E-state index contributed by atoms with van der Waals surface area (Å²) >= 11 is 6.70. The lowest BCUT2D eigenvalue weighted by Crippen LogP contribution is -2.45. The topological polar surface area (TPSA) is 70.4 Å². The standard InChI is InChI=1S/C23H29N5O3S2/c1-4-31-14-6-9-28-22(30)18(33-23(28)32)15-17-20(26-12-10-25(3)11-13-26)24-19-16(2)7-5-8-27(19)21(17)29/h5,7-8,15H,4,6,9-14H2,1-3H3. The van der Waals surface area contributed by atoms with Gasteiger partial charge in [-0.2, -0.15) is 0 Å². The number of amides is 1. The second kappa shape index (κ2) is 10.3. The van der Waals surface area contributed by atoms with Crippen molar-refractivity contribution in [3.8, 4) is 0 Å². The molecule has 1 amide bonds. The van der Waals surface area contributed by atoms with Crippen molar-refractivity contribution in [3.05, 3.63) is 44.7 Å². The van der Waals surface area contributed by atoms with E-state index < -0.39 is 0 Å². The first-order valence-electron chi connectivity index (χ1n) is 11.2. The maximum absolute atomic E-state index is 13.6. The number of piperazine rings is 1. The van der Waals surface area contributed by atoms with E-state index in [0.717, 1.165) is 31.7 Å². The van der Waals surface area contributed by atoms with E-state index in [2.05, 4.69) is 16.8 Å². The molecule has 2 saturated heterocycles. The van der Waals surface area contributed by atoms with Gasteiger partial charge in [0, 0.05) is 52.1 Å². The SMILES string of the molecule is CCOCCCN1C(=O)C(=Cc2c(N3CCN(C)CC3)nc3c(C)cccn3c2=O)SC1=S. The van der Waals surface area contributed by atoms with E-state index >= 15 is 0 Å². The maximum Gasteiger partial charge on any atom is 0.267 e. The first kappa shape index (κ1) is 23.9. The summed E-state index contributed by atoms with van der Waals surface area (Å²) in [5.41, 5.74) is 1.81. The van der Waals surface area contributed by atoms with Gasteiger partial charge in [-0.05, 0) is 45.0 Å². The summed E-state index contributed by atoms with van der Waals surface area (Å²) in [5, 5.41) is 0. The van der Waals surface area contributed by atoms with Crippen molar-refractivity contribution >= 4 is 51.7 Å². The number of likely N-dealkylation sites (N-methyl/N-ethyl adjacent to an activating group) is 1. The Hall–Kier alpha value is -2.27. The third-order valence-corrected chi connectivity index (χ3v) is 7.27. The van der Waals surface area contributed by atoms with Crippen LogP contribution in [0.5, 0.6) is 0 Å². The molecule has 0 bridgehead atoms. The van der Waals surface area contributed by atoms with Crippen LogP contribution in [-0.4, -0.2) is 82.4 Å². The van der Waals surface area contributed by atoms with Gasteiger partial charge in [0.05, 0.1) is 10.5 Å². The number of fused-ring (bicyclic) bond motifs is 1. The Balaban J connectivity index is 1.73. The van der Waals surface area contributed by atoms with Gasteiger partial charge in [-0.1, -0.05) is 30.0 Å². The molecule has 2 fully saturated rings. The Labute approximate surface area is 203 Å². The Morgan fingerprint density at radius 3 is 2.73 bits per heavy atom. The van der Waals surface area contributed by atoms with Crippen molar-refractivity contribution in [1.82, 2.24) is 19.2 Å². The predicted molar refractivity (Wildman–Crippen MR) is 137 cm³/mol. The number of carbonyl (C=O) groups is 1. The van der Waals surface area contributed by atoms with Crippen LogP contribution in [0.2, 0.25) is 0 Å². The number of thiocarbonyl (C=S) groups is 1. The van der Waals surface area contributed by atoms with E-state index in [-0.39, 0.29) is 11.5 Å². The lowest BCUT2D eigenvalue weighted by Gasteiger charge is -2.34. The normalized spacial score (nSPS) is 18.8. The number of nitrogens with zero attached hydrogens (tertiary/aromatic N) is 5. The van der Waals surface area contributed by atoms with E-state index in [9.17, 15) is 9.59 Å². The van der Waals surface area contributed by atoms with Gasteiger partial charge in [0.2, 0.25) is 0 Å². The number of pyridine rings is 1. The summed E-state index contributed by atoms with van der Waals surface area (Å²) in [6.45, 7) is 8.92. The Bertz CT molecular complexity index is 1150. The molecule has 4 heterocycles. The molecule has 10 heteroatoms. The number of hydrogen-bond donors (Lipinski definition) is 0. The predicted octanol–water partition coefficient (Wildman–Crippen LogP) is 2.38. The molecule has 2 aliphatic rings. The van der Waals surface area contributed by atoms with E-state index in [1.807, 2.05) is 26.0 Å². The maximum atomic E-state index is 13.6. The molecule has 2 aliphatic heterocycles. The van der Waals surface area contributed by atoms with Gasteiger partial charge in [-0.15, -0.1) is 0 Å². The van der Waals surface area contributed by atoms with Gasteiger partial charge in [0.1, 0.15) is 15.8 Å². The van der Waals surface area contributed by atoms with Crippen LogP contribution in [0.3, 0.4) is 0 Å². The summed E-state index contributed by atoms with van der Waals surface area (Å²) in [6, 6.07) is 3.78. The first-order chi connectivity index (χ1) is 15.9. The number of ether oxygens (including phenoxy) is 1. The third-order valence-electron chi connectivity index (χ3n) is 5.89. The zero-order valence-corrected chi connectivity index (χ0v) is 20.9. The lowest BCUT2D eigenvalue weighted by atomic mass is 10.2. The van der Waals surface area contributed by atoms with Gasteiger partial charge in [0.25, 0.3) is 11.5 Å². The first-order valence-corrected chi connectivity index (χ1v) is 12.4. The Morgan fingerprint density at radius 2 is 2.00 bits per heavy atom. The molecule has 0 aliphatic carbocycles. The zero-order chi connectivity index (χ0) is 23.5. The molecule has 0 saturated carbocycles. The molecular weight excluding hydrogens is 458 g/mol. The smallest absolute Gasteiger partial charge is 0.267 e. The summed E-state index contributed by atoms with van der Waals surface area (Å²) in [6.07, 6.45) is 4.11. The molecule has 33 heavy (non-hydrogen) atoms. The van der Waals surface area contributed by atoms with Crippen molar-refractivity contribution in [2.75, 3.05) is 57.9 Å². The fraction of sp³-hybridized carbons (Fsp3) is 0.478. The van der Waals surface area contributed by atoms with E-state index in [0.29, 0.717) is 52.4 Å². The summed E-state index contributed by atoms with van der Waals surface area (Å²) in [4.78, 5) is 38.0. The molecule has 176 valence electrons. The molecular formula is C23H29N5O3S2. The number of aromatic nitrogens is 2. The van der Waals surface area contributed by atoms with Crippen molar-refractivity contribution in [2.45, 2.75) is 20.3 Å². The van der Waals surface area contributed by atoms with Crippen LogP contribution < -0.4 is 10.5 Å². The minimum absolute atomic E-state index is 0.167. The summed E-state index contributed by atoms with van der Waals surface area (Å²) in [7, 11) is 2.09. The largest absolute Gasteiger partial charge is 0.382 e. The minimum atomic E-state index is -0.181. The van der Waals surface area contributed by atoms with Crippen LogP contribution in [0.1, 0.15) is 24.5 Å². The summed E-state index contributed by atoms with van der Waals surface area (Å²) in [5.74, 6) is 0.462. The molecule has 0 unspecified atom stereocenters. The Morgan fingerprint density at radius 1 is 1.24 bits per heavy atom. The number of anilines is 1. The van der Waals surface area contributed by atoms with Crippen LogP contribution in [0.25, 0.3) is 11.7 Å². The quantitative estimate of drug-likeness (QED) is 0.335. The molecule has 0 atom stereocenters. The van der Waals surface area contributed by atoms with Crippen molar-refractivity contribution in [3.63, 3.8) is 0 Å². The van der Waals surface area contributed by atoms with E-state index in [1.165, 1.54) is 11.8 Å². The van der Waals surface area contributed by atoms with Crippen LogP contribution >= 0.6 is 24.0 Å². The van der Waals surface area contributed by atoms with Crippen LogP contribution in [-0.2, 0) is 9.53 Å². The van der Waals surface area contributed by atoms with Crippen LogP contribution in [0.15, 0.2) is 28.0 Å². The molecule has 2 aromatic heterocycles. The minimum Gasteiger partial charge on any atom is -0.382 e. The highest BCUT2D eigenvalue weighted by Gasteiger charge is 2.32. The van der Waals surface area contributed by atoms with Gasteiger partial charge in [-0.3, -0.25) is 18.9 Å². The zero-order valence-electron chi connectivity index (χ0n) is 19.2. The fourth-order valence-corrected chi connectivity index (χ4v) is 5.27. The number of carbonyl (C=O) groups excluding carboxylic acids is 1. The second-order valence-electron chi connectivity index (χ2n) is 8.21. The number of aryl methyl sites for hydroxylation is 1. The molecule has 4 rings (SSSR count). The Kier molecular flexibility index (Phi) is 7.48. The third kappa shape index (κ3) is 4.98. The molecule has 0 spiro atoms. The number of thioether (sulfide) groups is 1. The molecule has 8 nitrogen and oxygen atoms in total.